The average Bonchev–Trinajstić information content (AvgIpc) is 2.57. The molecule has 4 nitrogen and oxygen atoms in total. The minimum absolute atomic E-state index is 0.277. The third-order valence-corrected chi connectivity index (χ3v) is 3.57. The van der Waals surface area contributed by atoms with E-state index in [1.165, 1.54) is 18.5 Å². The summed E-state index contributed by atoms with van der Waals surface area (Å²) in [5.74, 6) is 1.01. The summed E-state index contributed by atoms with van der Waals surface area (Å²) >= 11 is 6.13. The number of benzene rings is 2. The van der Waals surface area contributed by atoms with Crippen LogP contribution in [0, 0.1) is 5.82 Å². The van der Waals surface area contributed by atoms with Crippen molar-refractivity contribution in [2.24, 2.45) is 0 Å². The van der Waals surface area contributed by atoms with Crippen LogP contribution in [-0.4, -0.2) is 9.97 Å². The smallest absolute Gasteiger partial charge is 0.135 e. The fraction of sp³-hybridized carbons (Fsp3) is 0.0588. The third kappa shape index (κ3) is 4.17. The zero-order valence-electron chi connectivity index (χ0n) is 12.1. The molecule has 2 N–H and O–H groups in total. The molecule has 0 saturated carbocycles. The number of hydrogen-bond acceptors (Lipinski definition) is 4. The summed E-state index contributed by atoms with van der Waals surface area (Å²) in [5.41, 5.74) is 1.74. The van der Waals surface area contributed by atoms with Crippen LogP contribution in [0.4, 0.5) is 21.7 Å². The van der Waals surface area contributed by atoms with Crippen LogP contribution in [0.1, 0.15) is 5.56 Å². The molecule has 3 rings (SSSR count). The van der Waals surface area contributed by atoms with Gasteiger partial charge in [0.25, 0.3) is 0 Å². The molecule has 0 bridgehead atoms. The van der Waals surface area contributed by atoms with Gasteiger partial charge in [0.15, 0.2) is 0 Å². The van der Waals surface area contributed by atoms with E-state index < -0.39 is 0 Å². The number of rotatable bonds is 5. The largest absolute Gasteiger partial charge is 0.366 e. The van der Waals surface area contributed by atoms with Crippen molar-refractivity contribution in [3.05, 3.63) is 77.3 Å². The summed E-state index contributed by atoms with van der Waals surface area (Å²) < 4.78 is 12.9. The summed E-state index contributed by atoms with van der Waals surface area (Å²) in [6.07, 6.45) is 1.46. The molecule has 1 aromatic heterocycles. The van der Waals surface area contributed by atoms with E-state index in [9.17, 15) is 4.39 Å². The van der Waals surface area contributed by atoms with E-state index in [1.54, 1.807) is 18.2 Å². The van der Waals surface area contributed by atoms with Crippen LogP contribution >= 0.6 is 11.6 Å². The molecular formula is C17H14ClFN4. The van der Waals surface area contributed by atoms with Crippen LogP contribution in [0.2, 0.25) is 5.02 Å². The molecule has 0 aliphatic carbocycles. The molecule has 2 aromatic carbocycles. The van der Waals surface area contributed by atoms with E-state index in [4.69, 9.17) is 11.6 Å². The second-order valence-corrected chi connectivity index (χ2v) is 5.27. The molecule has 6 heteroatoms. The molecule has 3 aromatic rings. The van der Waals surface area contributed by atoms with E-state index in [0.29, 0.717) is 23.2 Å². The quantitative estimate of drug-likeness (QED) is 0.717. The first-order valence-electron chi connectivity index (χ1n) is 7.02. The van der Waals surface area contributed by atoms with Gasteiger partial charge in [0.05, 0.1) is 0 Å². The highest BCUT2D eigenvalue weighted by molar-refractivity contribution is 6.31. The summed E-state index contributed by atoms with van der Waals surface area (Å²) in [5, 5.41) is 7.01. The predicted octanol–water partition coefficient (Wildman–Crippen LogP) is 4.62. The van der Waals surface area contributed by atoms with Crippen molar-refractivity contribution < 1.29 is 4.39 Å². The van der Waals surface area contributed by atoms with Crippen molar-refractivity contribution in [2.75, 3.05) is 10.6 Å². The van der Waals surface area contributed by atoms with Gasteiger partial charge in [-0.1, -0.05) is 29.8 Å². The van der Waals surface area contributed by atoms with Crippen LogP contribution in [0.5, 0.6) is 0 Å². The Morgan fingerprint density at radius 2 is 1.70 bits per heavy atom. The standard InChI is InChI=1S/C17H14ClFN4/c18-15-4-2-1-3-12(15)10-20-16-9-17(22-11-21-16)23-14-7-5-13(19)6-8-14/h1-9,11H,10H2,(H2,20,21,22,23). The van der Waals surface area contributed by atoms with E-state index in [0.717, 1.165) is 11.3 Å². The van der Waals surface area contributed by atoms with Gasteiger partial charge in [-0.3, -0.25) is 0 Å². The Bertz CT molecular complexity index is 793. The van der Waals surface area contributed by atoms with Crippen molar-refractivity contribution in [1.29, 1.82) is 0 Å². The van der Waals surface area contributed by atoms with Crippen molar-refractivity contribution in [3.63, 3.8) is 0 Å². The number of hydrogen-bond donors (Lipinski definition) is 2. The van der Waals surface area contributed by atoms with Gasteiger partial charge in [-0.25, -0.2) is 14.4 Å². The van der Waals surface area contributed by atoms with Gasteiger partial charge in [-0.2, -0.15) is 0 Å². The van der Waals surface area contributed by atoms with Crippen LogP contribution < -0.4 is 10.6 Å². The second-order valence-electron chi connectivity index (χ2n) is 4.87. The Balaban J connectivity index is 1.67. The van der Waals surface area contributed by atoms with E-state index in [-0.39, 0.29) is 5.82 Å². The maximum Gasteiger partial charge on any atom is 0.135 e. The van der Waals surface area contributed by atoms with Gasteiger partial charge in [-0.05, 0) is 35.9 Å². The monoisotopic (exact) mass is 328 g/mol. The highest BCUT2D eigenvalue weighted by Crippen LogP contribution is 2.19. The Labute approximate surface area is 138 Å². The Kier molecular flexibility index (Phi) is 4.68. The molecule has 0 aliphatic heterocycles. The molecule has 23 heavy (non-hydrogen) atoms. The Morgan fingerprint density at radius 1 is 0.957 bits per heavy atom. The zero-order chi connectivity index (χ0) is 16.1. The Hall–Kier alpha value is -2.66. The fourth-order valence-electron chi connectivity index (χ4n) is 2.03. The number of nitrogens with one attached hydrogen (secondary N) is 2. The molecule has 0 spiro atoms. The van der Waals surface area contributed by atoms with Crippen molar-refractivity contribution in [3.8, 4) is 0 Å². The lowest BCUT2D eigenvalue weighted by Crippen LogP contribution is -2.03. The van der Waals surface area contributed by atoms with E-state index in [1.807, 2.05) is 24.3 Å². The number of nitrogens with zero attached hydrogens (tertiary/aromatic N) is 2. The average molecular weight is 329 g/mol. The maximum absolute atomic E-state index is 12.9. The molecule has 0 atom stereocenters. The highest BCUT2D eigenvalue weighted by Gasteiger charge is 2.02. The number of aromatic nitrogens is 2. The van der Waals surface area contributed by atoms with Crippen molar-refractivity contribution >= 4 is 28.9 Å². The lowest BCUT2D eigenvalue weighted by molar-refractivity contribution is 0.628. The lowest BCUT2D eigenvalue weighted by Gasteiger charge is -2.09. The first kappa shape index (κ1) is 15.2. The first-order valence-corrected chi connectivity index (χ1v) is 7.40. The van der Waals surface area contributed by atoms with Crippen LogP contribution in [-0.2, 0) is 6.54 Å². The minimum atomic E-state index is -0.277. The highest BCUT2D eigenvalue weighted by atomic mass is 35.5. The first-order chi connectivity index (χ1) is 11.2. The molecule has 0 amide bonds. The summed E-state index contributed by atoms with van der Waals surface area (Å²) in [6, 6.07) is 15.5. The molecule has 0 saturated heterocycles. The molecule has 0 fully saturated rings. The minimum Gasteiger partial charge on any atom is -0.366 e. The normalized spacial score (nSPS) is 10.3. The summed E-state index contributed by atoms with van der Waals surface area (Å²) in [7, 11) is 0. The molecule has 1 heterocycles. The lowest BCUT2D eigenvalue weighted by atomic mass is 10.2. The van der Waals surface area contributed by atoms with Crippen LogP contribution in [0.3, 0.4) is 0 Å². The van der Waals surface area contributed by atoms with Gasteiger partial charge in [0, 0.05) is 23.3 Å². The van der Waals surface area contributed by atoms with Gasteiger partial charge in [-0.15, -0.1) is 0 Å². The maximum atomic E-state index is 12.9. The SMILES string of the molecule is Fc1ccc(Nc2cc(NCc3ccccc3Cl)ncn2)cc1. The molecule has 116 valence electrons. The van der Waals surface area contributed by atoms with Crippen LogP contribution in [0.15, 0.2) is 60.9 Å². The predicted molar refractivity (Wildman–Crippen MR) is 90.5 cm³/mol. The second kappa shape index (κ2) is 7.07. The van der Waals surface area contributed by atoms with Crippen LogP contribution in [0.25, 0.3) is 0 Å². The van der Waals surface area contributed by atoms with Gasteiger partial charge in [0.2, 0.25) is 0 Å². The molecule has 0 unspecified atom stereocenters. The number of anilines is 3. The van der Waals surface area contributed by atoms with E-state index in [2.05, 4.69) is 20.6 Å². The van der Waals surface area contributed by atoms with Gasteiger partial charge < -0.3 is 10.6 Å². The molecular weight excluding hydrogens is 315 g/mol. The Morgan fingerprint density at radius 3 is 2.48 bits per heavy atom. The zero-order valence-corrected chi connectivity index (χ0v) is 12.9. The summed E-state index contributed by atoms with van der Waals surface area (Å²) in [6.45, 7) is 0.562. The molecule has 0 radical (unpaired) electrons. The number of halogens is 2. The topological polar surface area (TPSA) is 49.8 Å². The summed E-state index contributed by atoms with van der Waals surface area (Å²) in [4.78, 5) is 8.32. The molecule has 0 aliphatic rings. The van der Waals surface area contributed by atoms with Gasteiger partial charge in [0.1, 0.15) is 23.8 Å². The third-order valence-electron chi connectivity index (χ3n) is 3.20. The van der Waals surface area contributed by atoms with E-state index >= 15 is 0 Å². The van der Waals surface area contributed by atoms with Crippen molar-refractivity contribution in [2.45, 2.75) is 6.54 Å². The fourth-order valence-corrected chi connectivity index (χ4v) is 2.23. The van der Waals surface area contributed by atoms with Gasteiger partial charge >= 0.3 is 0 Å². The van der Waals surface area contributed by atoms with Crippen molar-refractivity contribution in [1.82, 2.24) is 9.97 Å².